The highest BCUT2D eigenvalue weighted by atomic mass is 16.5. The molecule has 0 aromatic carbocycles. The Hall–Kier alpha value is -0.650. The van der Waals surface area contributed by atoms with E-state index in [-0.39, 0.29) is 5.91 Å². The van der Waals surface area contributed by atoms with Gasteiger partial charge in [0.1, 0.15) is 0 Å². The van der Waals surface area contributed by atoms with Crippen LogP contribution in [-0.2, 0) is 14.3 Å². The summed E-state index contributed by atoms with van der Waals surface area (Å²) in [6.07, 6.45) is 2.00. The number of nitrogens with one attached hydrogen (secondary N) is 2. The number of hydrogen-bond donors (Lipinski definition) is 2. The first-order chi connectivity index (χ1) is 8.31. The molecule has 5 heteroatoms. The summed E-state index contributed by atoms with van der Waals surface area (Å²) in [7, 11) is 0. The van der Waals surface area contributed by atoms with Crippen LogP contribution in [0.1, 0.15) is 26.7 Å². The molecule has 0 bridgehead atoms. The third-order valence-corrected chi connectivity index (χ3v) is 2.00. The SMILES string of the molecule is CCCNC(=O)CNCCOCCOCCC. The monoisotopic (exact) mass is 246 g/mol. The van der Waals surface area contributed by atoms with Gasteiger partial charge in [0.25, 0.3) is 0 Å². The van der Waals surface area contributed by atoms with Gasteiger partial charge in [-0.05, 0) is 12.8 Å². The summed E-state index contributed by atoms with van der Waals surface area (Å²) >= 11 is 0. The van der Waals surface area contributed by atoms with Crippen molar-refractivity contribution in [1.82, 2.24) is 10.6 Å². The predicted octanol–water partition coefficient (Wildman–Crippen LogP) is 0.545. The van der Waals surface area contributed by atoms with E-state index in [2.05, 4.69) is 17.6 Å². The van der Waals surface area contributed by atoms with E-state index >= 15 is 0 Å². The van der Waals surface area contributed by atoms with Gasteiger partial charge in [-0.3, -0.25) is 4.79 Å². The molecule has 17 heavy (non-hydrogen) atoms. The van der Waals surface area contributed by atoms with Gasteiger partial charge in [-0.1, -0.05) is 13.8 Å². The third kappa shape index (κ3) is 13.3. The minimum atomic E-state index is 0.0399. The molecule has 0 heterocycles. The van der Waals surface area contributed by atoms with Crippen LogP contribution in [0.3, 0.4) is 0 Å². The van der Waals surface area contributed by atoms with Crippen molar-refractivity contribution in [1.29, 1.82) is 0 Å². The lowest BCUT2D eigenvalue weighted by molar-refractivity contribution is -0.120. The molecular formula is C12H26N2O3. The highest BCUT2D eigenvalue weighted by molar-refractivity contribution is 5.77. The normalized spacial score (nSPS) is 10.5. The summed E-state index contributed by atoms with van der Waals surface area (Å²) in [5, 5.41) is 5.81. The van der Waals surface area contributed by atoms with E-state index in [0.717, 1.165) is 26.0 Å². The topological polar surface area (TPSA) is 59.6 Å². The van der Waals surface area contributed by atoms with Gasteiger partial charge in [0.15, 0.2) is 0 Å². The molecule has 0 atom stereocenters. The van der Waals surface area contributed by atoms with E-state index in [4.69, 9.17) is 9.47 Å². The molecule has 0 unspecified atom stereocenters. The number of carbonyl (C=O) groups is 1. The van der Waals surface area contributed by atoms with E-state index in [1.54, 1.807) is 0 Å². The van der Waals surface area contributed by atoms with Gasteiger partial charge < -0.3 is 20.1 Å². The maximum atomic E-state index is 11.2. The second-order valence-corrected chi connectivity index (χ2v) is 3.75. The van der Waals surface area contributed by atoms with Crippen LogP contribution in [0.15, 0.2) is 0 Å². The molecule has 0 saturated heterocycles. The van der Waals surface area contributed by atoms with Crippen LogP contribution < -0.4 is 10.6 Å². The third-order valence-electron chi connectivity index (χ3n) is 2.00. The van der Waals surface area contributed by atoms with Crippen LogP contribution in [0.5, 0.6) is 0 Å². The van der Waals surface area contributed by atoms with Crippen LogP contribution >= 0.6 is 0 Å². The molecule has 5 nitrogen and oxygen atoms in total. The number of rotatable bonds is 12. The average molecular weight is 246 g/mol. The Morgan fingerprint density at radius 2 is 1.65 bits per heavy atom. The van der Waals surface area contributed by atoms with Crippen LogP contribution in [0.4, 0.5) is 0 Å². The zero-order valence-corrected chi connectivity index (χ0v) is 11.1. The number of ether oxygens (including phenoxy) is 2. The molecule has 2 N–H and O–H groups in total. The maximum absolute atomic E-state index is 11.2. The number of carbonyl (C=O) groups excluding carboxylic acids is 1. The average Bonchev–Trinajstić information content (AvgIpc) is 2.34. The largest absolute Gasteiger partial charge is 0.379 e. The maximum Gasteiger partial charge on any atom is 0.233 e. The second kappa shape index (κ2) is 13.4. The Balaban J connectivity index is 3.05. The highest BCUT2D eigenvalue weighted by Crippen LogP contribution is 1.81. The van der Waals surface area contributed by atoms with Crippen molar-refractivity contribution in [2.45, 2.75) is 26.7 Å². The fourth-order valence-corrected chi connectivity index (χ4v) is 1.14. The molecule has 102 valence electrons. The minimum Gasteiger partial charge on any atom is -0.379 e. The first-order valence-corrected chi connectivity index (χ1v) is 6.44. The van der Waals surface area contributed by atoms with Gasteiger partial charge in [-0.2, -0.15) is 0 Å². The van der Waals surface area contributed by atoms with Gasteiger partial charge in [0.2, 0.25) is 5.91 Å². The van der Waals surface area contributed by atoms with E-state index < -0.39 is 0 Å². The molecule has 0 radical (unpaired) electrons. The van der Waals surface area contributed by atoms with Gasteiger partial charge >= 0.3 is 0 Å². The number of hydrogen-bond acceptors (Lipinski definition) is 4. The molecular weight excluding hydrogens is 220 g/mol. The Morgan fingerprint density at radius 3 is 2.29 bits per heavy atom. The lowest BCUT2D eigenvalue weighted by Gasteiger charge is -2.07. The molecule has 0 aliphatic carbocycles. The summed E-state index contributed by atoms with van der Waals surface area (Å²) in [5.74, 6) is 0.0399. The molecule has 1 amide bonds. The first-order valence-electron chi connectivity index (χ1n) is 6.44. The van der Waals surface area contributed by atoms with Crippen LogP contribution in [0.2, 0.25) is 0 Å². The second-order valence-electron chi connectivity index (χ2n) is 3.75. The molecule has 0 aliphatic heterocycles. The van der Waals surface area contributed by atoms with E-state index in [1.807, 2.05) is 6.92 Å². The van der Waals surface area contributed by atoms with Gasteiger partial charge in [0, 0.05) is 19.7 Å². The molecule has 0 saturated carbocycles. The van der Waals surface area contributed by atoms with E-state index in [1.165, 1.54) is 0 Å². The molecule has 0 aliphatic rings. The van der Waals surface area contributed by atoms with Crippen LogP contribution in [-0.4, -0.2) is 52.0 Å². The first kappa shape index (κ1) is 16.4. The molecule has 0 rings (SSSR count). The summed E-state index contributed by atoms with van der Waals surface area (Å²) in [4.78, 5) is 11.2. The summed E-state index contributed by atoms with van der Waals surface area (Å²) in [6.45, 7) is 8.55. The zero-order valence-electron chi connectivity index (χ0n) is 11.1. The fourth-order valence-electron chi connectivity index (χ4n) is 1.14. The Kier molecular flexibility index (Phi) is 12.9. The Labute approximate surface area is 104 Å². The van der Waals surface area contributed by atoms with Gasteiger partial charge in [0.05, 0.1) is 26.4 Å². The lowest BCUT2D eigenvalue weighted by atomic mass is 10.4. The van der Waals surface area contributed by atoms with Crippen molar-refractivity contribution >= 4 is 5.91 Å². The fraction of sp³-hybridized carbons (Fsp3) is 0.917. The van der Waals surface area contributed by atoms with Crippen molar-refractivity contribution in [3.8, 4) is 0 Å². The summed E-state index contributed by atoms with van der Waals surface area (Å²) < 4.78 is 10.6. The Bertz CT molecular complexity index is 177. The summed E-state index contributed by atoms with van der Waals surface area (Å²) in [6, 6.07) is 0. The zero-order chi connectivity index (χ0) is 12.8. The standard InChI is InChI=1S/C12H26N2O3/c1-3-5-14-12(15)11-13-6-8-17-10-9-16-7-4-2/h13H,3-11H2,1-2H3,(H,14,15). The molecule has 0 aromatic rings. The predicted molar refractivity (Wildman–Crippen MR) is 68.1 cm³/mol. The van der Waals surface area contributed by atoms with Gasteiger partial charge in [-0.25, -0.2) is 0 Å². The van der Waals surface area contributed by atoms with E-state index in [0.29, 0.717) is 32.9 Å². The van der Waals surface area contributed by atoms with E-state index in [9.17, 15) is 4.79 Å². The molecule has 0 spiro atoms. The van der Waals surface area contributed by atoms with Crippen molar-refractivity contribution < 1.29 is 14.3 Å². The molecule has 0 aromatic heterocycles. The smallest absolute Gasteiger partial charge is 0.233 e. The van der Waals surface area contributed by atoms with Crippen molar-refractivity contribution in [3.63, 3.8) is 0 Å². The van der Waals surface area contributed by atoms with Crippen molar-refractivity contribution in [3.05, 3.63) is 0 Å². The Morgan fingerprint density at radius 1 is 0.941 bits per heavy atom. The van der Waals surface area contributed by atoms with Crippen molar-refractivity contribution in [2.75, 3.05) is 46.1 Å². The van der Waals surface area contributed by atoms with Gasteiger partial charge in [-0.15, -0.1) is 0 Å². The van der Waals surface area contributed by atoms with Crippen LogP contribution in [0.25, 0.3) is 0 Å². The molecule has 0 fully saturated rings. The number of amides is 1. The quantitative estimate of drug-likeness (QED) is 0.494. The lowest BCUT2D eigenvalue weighted by Crippen LogP contribution is -2.35. The highest BCUT2D eigenvalue weighted by Gasteiger charge is 1.97. The van der Waals surface area contributed by atoms with Crippen LogP contribution in [0, 0.1) is 0 Å². The van der Waals surface area contributed by atoms with Crippen molar-refractivity contribution in [2.24, 2.45) is 0 Å². The summed E-state index contributed by atoms with van der Waals surface area (Å²) in [5.41, 5.74) is 0. The minimum absolute atomic E-state index is 0.0399.